The summed E-state index contributed by atoms with van der Waals surface area (Å²) in [7, 11) is 1.75. The highest BCUT2D eigenvalue weighted by molar-refractivity contribution is 5.69. The van der Waals surface area contributed by atoms with Gasteiger partial charge in [-0.1, -0.05) is 45.1 Å². The number of carbonyl (C=O) groups is 1. The second-order valence-corrected chi connectivity index (χ2v) is 4.23. The molecule has 0 heterocycles. The van der Waals surface area contributed by atoms with Gasteiger partial charge >= 0.3 is 5.97 Å². The Labute approximate surface area is 105 Å². The van der Waals surface area contributed by atoms with Crippen molar-refractivity contribution in [3.8, 4) is 0 Å². The third-order valence-electron chi connectivity index (χ3n) is 2.69. The van der Waals surface area contributed by atoms with Crippen LogP contribution in [0.4, 0.5) is 0 Å². The van der Waals surface area contributed by atoms with E-state index in [1.165, 1.54) is 44.8 Å². The summed E-state index contributed by atoms with van der Waals surface area (Å²) in [6, 6.07) is 0. The molecule has 0 saturated heterocycles. The van der Waals surface area contributed by atoms with E-state index in [0.717, 1.165) is 19.4 Å². The molecule has 0 rings (SSSR count). The predicted octanol–water partition coefficient (Wildman–Crippen LogP) is 3.83. The van der Waals surface area contributed by atoms with Crippen LogP contribution in [0.25, 0.3) is 0 Å². The minimum atomic E-state index is -0.167. The molecule has 0 fully saturated rings. The molecule has 3 heteroatoms. The molecule has 0 unspecified atom stereocenters. The first kappa shape index (κ1) is 16.2. The third-order valence-corrected chi connectivity index (χ3v) is 2.69. The highest BCUT2D eigenvalue weighted by atomic mass is 16.5. The molecule has 100 valence electrons. The van der Waals surface area contributed by atoms with Gasteiger partial charge in [0.1, 0.15) is 0 Å². The van der Waals surface area contributed by atoms with Crippen molar-refractivity contribution < 1.29 is 14.3 Å². The fourth-order valence-corrected chi connectivity index (χ4v) is 1.73. The van der Waals surface area contributed by atoms with Crippen LogP contribution in [0.3, 0.4) is 0 Å². The standard InChI is InChI=1S/C14H26O3/c1-3-17-14(15)12-10-8-6-4-5-7-9-11-13-16-2/h3H,1,4-13H2,2H3. The quantitative estimate of drug-likeness (QED) is 0.296. The second kappa shape index (κ2) is 13.2. The minimum Gasteiger partial charge on any atom is -0.435 e. The van der Waals surface area contributed by atoms with Crippen LogP contribution in [0.5, 0.6) is 0 Å². The number of ether oxygens (including phenoxy) is 2. The average molecular weight is 242 g/mol. The van der Waals surface area contributed by atoms with E-state index < -0.39 is 0 Å². The van der Waals surface area contributed by atoms with Crippen molar-refractivity contribution in [3.05, 3.63) is 12.8 Å². The molecule has 0 spiro atoms. The molecule has 0 N–H and O–H groups in total. The number of methoxy groups -OCH3 is 1. The normalized spacial score (nSPS) is 10.2. The van der Waals surface area contributed by atoms with E-state index in [0.29, 0.717) is 6.42 Å². The average Bonchev–Trinajstić information content (AvgIpc) is 2.32. The summed E-state index contributed by atoms with van der Waals surface area (Å²) in [5, 5.41) is 0. The first-order chi connectivity index (χ1) is 8.31. The SMILES string of the molecule is C=COC(=O)CCCCCCCCCCOC. The van der Waals surface area contributed by atoms with E-state index in [-0.39, 0.29) is 5.97 Å². The zero-order chi connectivity index (χ0) is 12.8. The summed E-state index contributed by atoms with van der Waals surface area (Å²) >= 11 is 0. The molecule has 0 atom stereocenters. The van der Waals surface area contributed by atoms with Gasteiger partial charge in [0.25, 0.3) is 0 Å². The molecule has 3 nitrogen and oxygen atoms in total. The first-order valence-electron chi connectivity index (χ1n) is 6.60. The van der Waals surface area contributed by atoms with Crippen molar-refractivity contribution in [2.75, 3.05) is 13.7 Å². The fraction of sp³-hybridized carbons (Fsp3) is 0.786. The van der Waals surface area contributed by atoms with E-state index >= 15 is 0 Å². The number of rotatable bonds is 12. The van der Waals surface area contributed by atoms with Gasteiger partial charge in [-0.25, -0.2) is 0 Å². The number of hydrogen-bond donors (Lipinski definition) is 0. The molecule has 0 aromatic carbocycles. The molecule has 0 aliphatic carbocycles. The highest BCUT2D eigenvalue weighted by Gasteiger charge is 1.99. The van der Waals surface area contributed by atoms with Crippen LogP contribution in [-0.2, 0) is 14.3 Å². The van der Waals surface area contributed by atoms with Crippen molar-refractivity contribution in [3.63, 3.8) is 0 Å². The smallest absolute Gasteiger partial charge is 0.310 e. The van der Waals surface area contributed by atoms with Crippen molar-refractivity contribution >= 4 is 5.97 Å². The lowest BCUT2D eigenvalue weighted by Gasteiger charge is -2.02. The monoisotopic (exact) mass is 242 g/mol. The lowest BCUT2D eigenvalue weighted by atomic mass is 10.1. The zero-order valence-corrected chi connectivity index (χ0v) is 11.1. The molecule has 0 aliphatic rings. The highest BCUT2D eigenvalue weighted by Crippen LogP contribution is 2.10. The molecule has 0 radical (unpaired) electrons. The maximum atomic E-state index is 11.0. The summed E-state index contributed by atoms with van der Waals surface area (Å²) in [4.78, 5) is 11.0. The number of carbonyl (C=O) groups excluding carboxylic acids is 1. The van der Waals surface area contributed by atoms with E-state index in [1.54, 1.807) is 7.11 Å². The summed E-state index contributed by atoms with van der Waals surface area (Å²) in [5.41, 5.74) is 0. The molecule has 0 amide bonds. The lowest BCUT2D eigenvalue weighted by molar-refractivity contribution is -0.138. The van der Waals surface area contributed by atoms with Crippen LogP contribution in [0.2, 0.25) is 0 Å². The number of hydrogen-bond acceptors (Lipinski definition) is 3. The van der Waals surface area contributed by atoms with Crippen molar-refractivity contribution in [2.45, 2.75) is 57.8 Å². The van der Waals surface area contributed by atoms with Gasteiger partial charge in [-0.05, 0) is 12.8 Å². The second-order valence-electron chi connectivity index (χ2n) is 4.23. The summed E-state index contributed by atoms with van der Waals surface area (Å²) < 4.78 is 9.63. The zero-order valence-electron chi connectivity index (χ0n) is 11.1. The third kappa shape index (κ3) is 13.1. The molecule has 0 aromatic heterocycles. The minimum absolute atomic E-state index is 0.167. The Hall–Kier alpha value is -0.830. The van der Waals surface area contributed by atoms with Crippen molar-refractivity contribution in [2.24, 2.45) is 0 Å². The van der Waals surface area contributed by atoms with E-state index in [4.69, 9.17) is 4.74 Å². The van der Waals surface area contributed by atoms with Gasteiger partial charge < -0.3 is 9.47 Å². The largest absolute Gasteiger partial charge is 0.435 e. The summed E-state index contributed by atoms with van der Waals surface area (Å²) in [5.74, 6) is -0.167. The van der Waals surface area contributed by atoms with Gasteiger partial charge in [-0.2, -0.15) is 0 Å². The van der Waals surface area contributed by atoms with Gasteiger partial charge in [-0.15, -0.1) is 0 Å². The number of esters is 1. The molecule has 17 heavy (non-hydrogen) atoms. The van der Waals surface area contributed by atoms with Gasteiger partial charge in [0, 0.05) is 20.1 Å². The summed E-state index contributed by atoms with van der Waals surface area (Å²) in [6.07, 6.45) is 11.3. The molecule has 0 aliphatic heterocycles. The van der Waals surface area contributed by atoms with Crippen LogP contribution in [0.15, 0.2) is 12.8 Å². The maximum Gasteiger partial charge on any atom is 0.310 e. The Bertz CT molecular complexity index is 190. The molecular weight excluding hydrogens is 216 g/mol. The Morgan fingerprint density at radius 2 is 1.53 bits per heavy atom. The maximum absolute atomic E-state index is 11.0. The van der Waals surface area contributed by atoms with Gasteiger partial charge in [0.05, 0.1) is 6.26 Å². The van der Waals surface area contributed by atoms with Crippen LogP contribution in [0.1, 0.15) is 57.8 Å². The Morgan fingerprint density at radius 3 is 2.06 bits per heavy atom. The lowest BCUT2D eigenvalue weighted by Crippen LogP contribution is -1.98. The Balaban J connectivity index is 3.03. The topological polar surface area (TPSA) is 35.5 Å². The fourth-order valence-electron chi connectivity index (χ4n) is 1.73. The molecule has 0 bridgehead atoms. The van der Waals surface area contributed by atoms with Crippen molar-refractivity contribution in [1.82, 2.24) is 0 Å². The van der Waals surface area contributed by atoms with Crippen LogP contribution < -0.4 is 0 Å². The van der Waals surface area contributed by atoms with Gasteiger partial charge in [0.15, 0.2) is 0 Å². The summed E-state index contributed by atoms with van der Waals surface area (Å²) in [6.45, 7) is 4.23. The first-order valence-corrected chi connectivity index (χ1v) is 6.60. The van der Waals surface area contributed by atoms with E-state index in [9.17, 15) is 4.79 Å². The molecule has 0 saturated carbocycles. The van der Waals surface area contributed by atoms with Crippen LogP contribution >= 0.6 is 0 Å². The van der Waals surface area contributed by atoms with Gasteiger partial charge in [0.2, 0.25) is 0 Å². The van der Waals surface area contributed by atoms with Crippen LogP contribution in [0, 0.1) is 0 Å². The Morgan fingerprint density at radius 1 is 1.00 bits per heavy atom. The van der Waals surface area contributed by atoms with E-state index in [1.807, 2.05) is 0 Å². The van der Waals surface area contributed by atoms with Crippen LogP contribution in [-0.4, -0.2) is 19.7 Å². The van der Waals surface area contributed by atoms with Crippen molar-refractivity contribution in [1.29, 1.82) is 0 Å². The Kier molecular flexibility index (Phi) is 12.6. The van der Waals surface area contributed by atoms with E-state index in [2.05, 4.69) is 11.3 Å². The molecular formula is C14H26O3. The molecule has 0 aromatic rings. The predicted molar refractivity (Wildman–Crippen MR) is 69.7 cm³/mol. The number of unbranched alkanes of at least 4 members (excludes halogenated alkanes) is 7. The van der Waals surface area contributed by atoms with Gasteiger partial charge in [-0.3, -0.25) is 4.79 Å².